The van der Waals surface area contributed by atoms with E-state index < -0.39 is 0 Å². The molecule has 2 N–H and O–H groups in total. The van der Waals surface area contributed by atoms with Gasteiger partial charge in [-0.25, -0.2) is 4.98 Å². The molecular formula is C10H15IN4. The van der Waals surface area contributed by atoms with Gasteiger partial charge in [0.15, 0.2) is 0 Å². The van der Waals surface area contributed by atoms with Crippen molar-refractivity contribution in [1.29, 1.82) is 0 Å². The summed E-state index contributed by atoms with van der Waals surface area (Å²) >= 11 is 2.15. The lowest BCUT2D eigenvalue weighted by Gasteiger charge is -2.20. The highest BCUT2D eigenvalue weighted by Gasteiger charge is 2.13. The summed E-state index contributed by atoms with van der Waals surface area (Å²) in [7, 11) is 0. The third kappa shape index (κ3) is 2.70. The van der Waals surface area contributed by atoms with Crippen molar-refractivity contribution in [2.24, 2.45) is 0 Å². The molecule has 1 aromatic heterocycles. The molecule has 1 saturated heterocycles. The van der Waals surface area contributed by atoms with Crippen LogP contribution in [0.2, 0.25) is 0 Å². The average Bonchev–Trinajstić information content (AvgIpc) is 2.50. The van der Waals surface area contributed by atoms with Crippen LogP contribution in [0.25, 0.3) is 0 Å². The number of rotatable bonds is 1. The van der Waals surface area contributed by atoms with Crippen molar-refractivity contribution in [2.45, 2.75) is 25.7 Å². The fraction of sp³-hybridized carbons (Fsp3) is 0.600. The molecule has 0 atom stereocenters. The highest BCUT2D eigenvalue weighted by atomic mass is 127. The van der Waals surface area contributed by atoms with Gasteiger partial charge in [0.05, 0.1) is 3.57 Å². The third-order valence-electron chi connectivity index (χ3n) is 2.65. The molecule has 15 heavy (non-hydrogen) atoms. The number of nitrogen functional groups attached to an aromatic ring is 1. The van der Waals surface area contributed by atoms with Crippen molar-refractivity contribution < 1.29 is 0 Å². The molecule has 5 heteroatoms. The second-order valence-corrected chi connectivity index (χ2v) is 4.97. The van der Waals surface area contributed by atoms with Gasteiger partial charge in [-0.3, -0.25) is 0 Å². The Morgan fingerprint density at radius 1 is 1.20 bits per heavy atom. The zero-order valence-electron chi connectivity index (χ0n) is 8.62. The number of nitrogens with two attached hydrogens (primary N) is 1. The van der Waals surface area contributed by atoms with Crippen LogP contribution in [0.1, 0.15) is 25.7 Å². The smallest absolute Gasteiger partial charge is 0.227 e. The Balaban J connectivity index is 2.16. The third-order valence-corrected chi connectivity index (χ3v) is 3.48. The van der Waals surface area contributed by atoms with E-state index in [0.717, 1.165) is 22.6 Å². The van der Waals surface area contributed by atoms with E-state index in [1.54, 1.807) is 6.20 Å². The molecule has 0 unspecified atom stereocenters. The molecule has 1 aliphatic heterocycles. The average molecular weight is 318 g/mol. The van der Waals surface area contributed by atoms with Gasteiger partial charge >= 0.3 is 0 Å². The number of hydrogen-bond donors (Lipinski definition) is 1. The minimum Gasteiger partial charge on any atom is -0.383 e. The summed E-state index contributed by atoms with van der Waals surface area (Å²) in [5, 5.41) is 0. The topological polar surface area (TPSA) is 55.0 Å². The number of halogens is 1. The molecule has 4 nitrogen and oxygen atoms in total. The van der Waals surface area contributed by atoms with Gasteiger partial charge in [-0.05, 0) is 35.4 Å². The predicted octanol–water partition coefficient (Wildman–Crippen LogP) is 2.04. The lowest BCUT2D eigenvalue weighted by atomic mass is 10.2. The maximum absolute atomic E-state index is 5.78. The lowest BCUT2D eigenvalue weighted by molar-refractivity contribution is 0.726. The SMILES string of the molecule is Nc1nc(N2CCCCCC2)ncc1I. The van der Waals surface area contributed by atoms with E-state index in [2.05, 4.69) is 37.5 Å². The lowest BCUT2D eigenvalue weighted by Crippen LogP contribution is -2.26. The van der Waals surface area contributed by atoms with Crippen LogP contribution < -0.4 is 10.6 Å². The first-order valence-corrected chi connectivity index (χ1v) is 6.38. The van der Waals surface area contributed by atoms with Gasteiger partial charge < -0.3 is 10.6 Å². The molecule has 0 saturated carbocycles. The van der Waals surface area contributed by atoms with Gasteiger partial charge in [0.2, 0.25) is 5.95 Å². The Kier molecular flexibility index (Phi) is 3.61. The van der Waals surface area contributed by atoms with Crippen LogP contribution in [0.4, 0.5) is 11.8 Å². The largest absolute Gasteiger partial charge is 0.383 e. The summed E-state index contributed by atoms with van der Waals surface area (Å²) in [6.07, 6.45) is 6.89. The Bertz CT molecular complexity index is 334. The van der Waals surface area contributed by atoms with Gasteiger partial charge in [-0.2, -0.15) is 4.98 Å². The summed E-state index contributed by atoms with van der Waals surface area (Å²) < 4.78 is 0.922. The van der Waals surface area contributed by atoms with Crippen LogP contribution in [0.5, 0.6) is 0 Å². The first-order chi connectivity index (χ1) is 7.27. The Morgan fingerprint density at radius 3 is 2.47 bits per heavy atom. The fourth-order valence-corrected chi connectivity index (χ4v) is 2.05. The molecule has 1 fully saturated rings. The number of aromatic nitrogens is 2. The van der Waals surface area contributed by atoms with Crippen LogP contribution in [-0.2, 0) is 0 Å². The summed E-state index contributed by atoms with van der Waals surface area (Å²) in [6, 6.07) is 0. The van der Waals surface area contributed by atoms with Crippen molar-refractivity contribution >= 4 is 34.4 Å². The predicted molar refractivity (Wildman–Crippen MR) is 69.8 cm³/mol. The van der Waals surface area contributed by atoms with E-state index in [-0.39, 0.29) is 0 Å². The van der Waals surface area contributed by atoms with Crippen LogP contribution in [0.3, 0.4) is 0 Å². The van der Waals surface area contributed by atoms with Crippen molar-refractivity contribution in [3.8, 4) is 0 Å². The zero-order valence-corrected chi connectivity index (χ0v) is 10.8. The maximum Gasteiger partial charge on any atom is 0.227 e. The van der Waals surface area contributed by atoms with Gasteiger partial charge in [0, 0.05) is 19.3 Å². The Labute approximate surface area is 103 Å². The first kappa shape index (κ1) is 10.9. The minimum atomic E-state index is 0.588. The highest BCUT2D eigenvalue weighted by Crippen LogP contribution is 2.18. The van der Waals surface area contributed by atoms with Crippen LogP contribution >= 0.6 is 22.6 Å². The Hall–Kier alpha value is -0.590. The molecule has 1 aliphatic rings. The second kappa shape index (κ2) is 4.96. The summed E-state index contributed by atoms with van der Waals surface area (Å²) in [4.78, 5) is 10.9. The molecular weight excluding hydrogens is 303 g/mol. The number of anilines is 2. The summed E-state index contributed by atoms with van der Waals surface area (Å²) in [5.41, 5.74) is 5.78. The van der Waals surface area contributed by atoms with E-state index in [4.69, 9.17) is 5.73 Å². The number of hydrogen-bond acceptors (Lipinski definition) is 4. The molecule has 2 heterocycles. The second-order valence-electron chi connectivity index (χ2n) is 3.80. The molecule has 1 aromatic rings. The van der Waals surface area contributed by atoms with Gasteiger partial charge in [0.1, 0.15) is 5.82 Å². The number of nitrogens with zero attached hydrogens (tertiary/aromatic N) is 3. The standard InChI is InChI=1S/C10H15IN4/c11-8-7-13-10(14-9(8)12)15-5-3-1-2-4-6-15/h7H,1-6H2,(H2,12,13,14). The molecule has 0 spiro atoms. The molecule has 0 amide bonds. The molecule has 2 rings (SSSR count). The minimum absolute atomic E-state index is 0.588. The van der Waals surface area contributed by atoms with Crippen molar-refractivity contribution in [2.75, 3.05) is 23.7 Å². The van der Waals surface area contributed by atoms with Crippen LogP contribution in [0.15, 0.2) is 6.20 Å². The zero-order chi connectivity index (χ0) is 10.7. The van der Waals surface area contributed by atoms with E-state index in [0.29, 0.717) is 5.82 Å². The van der Waals surface area contributed by atoms with Gasteiger partial charge in [-0.1, -0.05) is 12.8 Å². The van der Waals surface area contributed by atoms with Crippen LogP contribution in [-0.4, -0.2) is 23.1 Å². The summed E-state index contributed by atoms with van der Waals surface area (Å²) in [6.45, 7) is 2.11. The van der Waals surface area contributed by atoms with Gasteiger partial charge in [-0.15, -0.1) is 0 Å². The maximum atomic E-state index is 5.78. The van der Waals surface area contributed by atoms with E-state index in [1.165, 1.54) is 25.7 Å². The fourth-order valence-electron chi connectivity index (χ4n) is 1.79. The first-order valence-electron chi connectivity index (χ1n) is 5.30. The Morgan fingerprint density at radius 2 is 1.87 bits per heavy atom. The monoisotopic (exact) mass is 318 g/mol. The molecule has 0 aliphatic carbocycles. The molecule has 0 aromatic carbocycles. The molecule has 0 bridgehead atoms. The van der Waals surface area contributed by atoms with Crippen LogP contribution in [0, 0.1) is 3.57 Å². The highest BCUT2D eigenvalue weighted by molar-refractivity contribution is 14.1. The van der Waals surface area contributed by atoms with E-state index in [1.807, 2.05) is 0 Å². The normalized spacial score (nSPS) is 17.5. The summed E-state index contributed by atoms with van der Waals surface area (Å²) in [5.74, 6) is 1.37. The van der Waals surface area contributed by atoms with E-state index in [9.17, 15) is 0 Å². The molecule has 82 valence electrons. The quantitative estimate of drug-likeness (QED) is 0.805. The van der Waals surface area contributed by atoms with E-state index >= 15 is 0 Å². The van der Waals surface area contributed by atoms with Gasteiger partial charge in [0.25, 0.3) is 0 Å². The van der Waals surface area contributed by atoms with Crippen molar-refractivity contribution in [3.05, 3.63) is 9.77 Å². The van der Waals surface area contributed by atoms with Crippen molar-refractivity contribution in [3.63, 3.8) is 0 Å². The molecule has 0 radical (unpaired) electrons. The van der Waals surface area contributed by atoms with Crippen molar-refractivity contribution in [1.82, 2.24) is 9.97 Å².